The van der Waals surface area contributed by atoms with Crippen molar-refractivity contribution in [2.75, 3.05) is 25.0 Å². The maximum absolute atomic E-state index is 13.7. The molecule has 0 radical (unpaired) electrons. The Labute approximate surface area is 193 Å². The topological polar surface area (TPSA) is 95.6 Å². The van der Waals surface area contributed by atoms with Gasteiger partial charge >= 0.3 is 0 Å². The first-order valence-corrected chi connectivity index (χ1v) is 12.0. The highest BCUT2D eigenvalue weighted by Crippen LogP contribution is 2.23. The number of para-hydroxylation sites is 1. The Hall–Kier alpha value is -2.85. The molecule has 180 valence electrons. The molecule has 2 aromatic rings. The Morgan fingerprint density at radius 1 is 1.00 bits per heavy atom. The van der Waals surface area contributed by atoms with Gasteiger partial charge in [-0.25, -0.2) is 21.9 Å². The molecule has 0 spiro atoms. The van der Waals surface area contributed by atoms with Crippen molar-refractivity contribution in [3.63, 3.8) is 0 Å². The number of benzene rings is 2. The number of hydrogen-bond donors (Lipinski definition) is 2. The number of halogens is 2. The molecule has 0 aromatic heterocycles. The van der Waals surface area contributed by atoms with Crippen LogP contribution in [-0.4, -0.2) is 44.8 Å². The van der Waals surface area contributed by atoms with Gasteiger partial charge < -0.3 is 10.2 Å². The van der Waals surface area contributed by atoms with Crippen molar-refractivity contribution < 1.29 is 26.8 Å². The number of rotatable bonds is 9. The third kappa shape index (κ3) is 7.33. The molecule has 2 N–H and O–H groups in total. The molecule has 0 saturated carbocycles. The highest BCUT2D eigenvalue weighted by Gasteiger charge is 2.20. The largest absolute Gasteiger partial charge is 0.334 e. The molecule has 33 heavy (non-hydrogen) atoms. The van der Waals surface area contributed by atoms with Crippen LogP contribution in [0.4, 0.5) is 14.5 Å². The summed E-state index contributed by atoms with van der Waals surface area (Å²) in [4.78, 5) is 25.8. The molecule has 0 aliphatic rings. The van der Waals surface area contributed by atoms with Crippen LogP contribution in [-0.2, 0) is 25.0 Å². The zero-order chi connectivity index (χ0) is 24.8. The van der Waals surface area contributed by atoms with E-state index in [9.17, 15) is 26.8 Å². The molecule has 0 heterocycles. The molecule has 0 aliphatic heterocycles. The zero-order valence-corrected chi connectivity index (χ0v) is 19.9. The molecule has 7 nitrogen and oxygen atoms in total. The minimum absolute atomic E-state index is 0.0848. The lowest BCUT2D eigenvalue weighted by Crippen LogP contribution is -2.39. The van der Waals surface area contributed by atoms with Crippen molar-refractivity contribution in [2.24, 2.45) is 0 Å². The monoisotopic (exact) mass is 481 g/mol. The Bertz CT molecular complexity index is 1080. The standard InChI is InChI=1S/C23H29F2N3O4S/c1-5-28(15-20(29)27-22-18(24)7-6-8-19(22)25)21(30)13-14-26-33(31,32)17-11-9-16(10-12-17)23(2,3)4/h6-12,26H,5,13-15H2,1-4H3,(H,27,29). The van der Waals surface area contributed by atoms with Gasteiger partial charge in [0.2, 0.25) is 21.8 Å². The minimum atomic E-state index is -3.81. The molecule has 10 heteroatoms. The first-order valence-electron chi connectivity index (χ1n) is 10.5. The molecule has 0 atom stereocenters. The van der Waals surface area contributed by atoms with E-state index in [-0.39, 0.29) is 29.8 Å². The molecule has 2 rings (SSSR count). The van der Waals surface area contributed by atoms with Gasteiger partial charge in [-0.3, -0.25) is 9.59 Å². The molecule has 2 aromatic carbocycles. The molecule has 0 saturated heterocycles. The van der Waals surface area contributed by atoms with Crippen LogP contribution in [0, 0.1) is 11.6 Å². The van der Waals surface area contributed by atoms with E-state index in [0.29, 0.717) is 0 Å². The zero-order valence-electron chi connectivity index (χ0n) is 19.1. The fraction of sp³-hybridized carbons (Fsp3) is 0.391. The average Bonchev–Trinajstić information content (AvgIpc) is 2.74. The van der Waals surface area contributed by atoms with Crippen LogP contribution in [0.15, 0.2) is 47.4 Å². The van der Waals surface area contributed by atoms with E-state index in [1.807, 2.05) is 20.8 Å². The summed E-state index contributed by atoms with van der Waals surface area (Å²) in [7, 11) is -3.81. The summed E-state index contributed by atoms with van der Waals surface area (Å²) in [6.07, 6.45) is -0.186. The van der Waals surface area contributed by atoms with E-state index < -0.39 is 45.7 Å². The lowest BCUT2D eigenvalue weighted by Gasteiger charge is -2.21. The van der Waals surface area contributed by atoms with Crippen LogP contribution in [0.2, 0.25) is 0 Å². The normalized spacial score (nSPS) is 11.8. The van der Waals surface area contributed by atoms with Crippen LogP contribution in [0.5, 0.6) is 0 Å². The van der Waals surface area contributed by atoms with Gasteiger partial charge in [0.25, 0.3) is 0 Å². The quantitative estimate of drug-likeness (QED) is 0.574. The fourth-order valence-electron chi connectivity index (χ4n) is 3.01. The maximum Gasteiger partial charge on any atom is 0.244 e. The molecule has 2 amide bonds. The van der Waals surface area contributed by atoms with Gasteiger partial charge in [0, 0.05) is 19.5 Å². The number of carbonyl (C=O) groups is 2. The van der Waals surface area contributed by atoms with Crippen molar-refractivity contribution in [1.82, 2.24) is 9.62 Å². The van der Waals surface area contributed by atoms with Crippen molar-refractivity contribution in [2.45, 2.75) is 44.4 Å². The van der Waals surface area contributed by atoms with Crippen molar-refractivity contribution in [3.05, 3.63) is 59.7 Å². The van der Waals surface area contributed by atoms with Crippen LogP contribution >= 0.6 is 0 Å². The highest BCUT2D eigenvalue weighted by molar-refractivity contribution is 7.89. The number of hydrogen-bond acceptors (Lipinski definition) is 4. The minimum Gasteiger partial charge on any atom is -0.334 e. The van der Waals surface area contributed by atoms with Crippen molar-refractivity contribution in [3.8, 4) is 0 Å². The first-order chi connectivity index (χ1) is 15.3. The van der Waals surface area contributed by atoms with Gasteiger partial charge in [0.15, 0.2) is 0 Å². The molecule has 0 unspecified atom stereocenters. The van der Waals surface area contributed by atoms with Gasteiger partial charge in [-0.1, -0.05) is 39.0 Å². The van der Waals surface area contributed by atoms with Crippen LogP contribution in [0.1, 0.15) is 39.7 Å². The SMILES string of the molecule is CCN(CC(=O)Nc1c(F)cccc1F)C(=O)CCNS(=O)(=O)c1ccc(C(C)(C)C)cc1. The molecule has 0 aliphatic carbocycles. The summed E-state index contributed by atoms with van der Waals surface area (Å²) >= 11 is 0. The van der Waals surface area contributed by atoms with E-state index in [1.165, 1.54) is 23.1 Å². The Balaban J connectivity index is 1.92. The molecular formula is C23H29F2N3O4S. The van der Waals surface area contributed by atoms with E-state index in [2.05, 4.69) is 10.0 Å². The van der Waals surface area contributed by atoms with E-state index in [1.54, 1.807) is 19.1 Å². The third-order valence-corrected chi connectivity index (χ3v) is 6.43. The second-order valence-corrected chi connectivity index (χ2v) is 10.2. The second-order valence-electron chi connectivity index (χ2n) is 8.47. The second kappa shape index (κ2) is 10.8. The predicted molar refractivity (Wildman–Crippen MR) is 122 cm³/mol. The van der Waals surface area contributed by atoms with Gasteiger partial charge in [0.05, 0.1) is 11.4 Å². The summed E-state index contributed by atoms with van der Waals surface area (Å²) in [5.41, 5.74) is 0.288. The Morgan fingerprint density at radius 2 is 1.58 bits per heavy atom. The summed E-state index contributed by atoms with van der Waals surface area (Å²) in [6, 6.07) is 9.69. The van der Waals surface area contributed by atoms with E-state index in [4.69, 9.17) is 0 Å². The third-order valence-electron chi connectivity index (χ3n) is 4.96. The summed E-state index contributed by atoms with van der Waals surface area (Å²) in [6.45, 7) is 7.27. The first kappa shape index (κ1) is 26.4. The van der Waals surface area contributed by atoms with E-state index >= 15 is 0 Å². The number of carbonyl (C=O) groups excluding carboxylic acids is 2. The van der Waals surface area contributed by atoms with Gasteiger partial charge in [-0.05, 0) is 42.2 Å². The number of anilines is 1. The summed E-state index contributed by atoms with van der Waals surface area (Å²) < 4.78 is 54.7. The Kier molecular flexibility index (Phi) is 8.68. The Morgan fingerprint density at radius 3 is 2.09 bits per heavy atom. The summed E-state index contributed by atoms with van der Waals surface area (Å²) in [5, 5.41) is 2.12. The number of nitrogens with one attached hydrogen (secondary N) is 2. The van der Waals surface area contributed by atoms with Gasteiger partial charge in [0.1, 0.15) is 17.3 Å². The fourth-order valence-corrected chi connectivity index (χ4v) is 4.05. The lowest BCUT2D eigenvalue weighted by molar-refractivity contribution is -0.134. The van der Waals surface area contributed by atoms with E-state index in [0.717, 1.165) is 17.7 Å². The number of amides is 2. The number of likely N-dealkylation sites (N-methyl/N-ethyl adjacent to an activating group) is 1. The smallest absolute Gasteiger partial charge is 0.244 e. The lowest BCUT2D eigenvalue weighted by atomic mass is 9.87. The highest BCUT2D eigenvalue weighted by atomic mass is 32.2. The molecule has 0 bridgehead atoms. The van der Waals surface area contributed by atoms with Crippen LogP contribution < -0.4 is 10.0 Å². The maximum atomic E-state index is 13.7. The molecular weight excluding hydrogens is 452 g/mol. The van der Waals surface area contributed by atoms with Gasteiger partial charge in [-0.15, -0.1) is 0 Å². The summed E-state index contributed by atoms with van der Waals surface area (Å²) in [5.74, 6) is -3.11. The van der Waals surface area contributed by atoms with Crippen LogP contribution in [0.3, 0.4) is 0 Å². The van der Waals surface area contributed by atoms with Crippen molar-refractivity contribution in [1.29, 1.82) is 0 Å². The number of nitrogens with zero attached hydrogens (tertiary/aromatic N) is 1. The van der Waals surface area contributed by atoms with Crippen molar-refractivity contribution >= 4 is 27.5 Å². The average molecular weight is 482 g/mol. The van der Waals surface area contributed by atoms with Crippen LogP contribution in [0.25, 0.3) is 0 Å². The number of sulfonamides is 1. The molecule has 0 fully saturated rings. The predicted octanol–water partition coefficient (Wildman–Crippen LogP) is 3.42. The van der Waals surface area contributed by atoms with Gasteiger partial charge in [-0.2, -0.15) is 0 Å².